The maximum absolute atomic E-state index is 12.6. The van der Waals surface area contributed by atoms with Crippen LogP contribution < -0.4 is 0 Å². The van der Waals surface area contributed by atoms with Gasteiger partial charge in [0.25, 0.3) is 12.3 Å². The van der Waals surface area contributed by atoms with Crippen LogP contribution >= 0.6 is 23.2 Å². The third-order valence-corrected chi connectivity index (χ3v) is 4.65. The van der Waals surface area contributed by atoms with Gasteiger partial charge in [-0.2, -0.15) is 10.1 Å². The summed E-state index contributed by atoms with van der Waals surface area (Å²) in [6.07, 6.45) is -1.01. The molecule has 1 N–H and O–H groups in total. The normalized spacial score (nSPS) is 15.9. The van der Waals surface area contributed by atoms with E-state index in [2.05, 4.69) is 20.3 Å². The standard InChI is InChI=1S/C15H10Cl2F2N4O/c16-7-1-2-8(9(17)5-7)15(3-4-15)14-20-13(24-23-14)11-6-10(12(18)19)21-22-11/h1-2,5-6,12H,3-4H2,(H,21,22). The molecule has 24 heavy (non-hydrogen) atoms. The quantitative estimate of drug-likeness (QED) is 0.717. The van der Waals surface area contributed by atoms with E-state index in [1.54, 1.807) is 12.1 Å². The molecular weight excluding hydrogens is 361 g/mol. The van der Waals surface area contributed by atoms with Gasteiger partial charge < -0.3 is 4.52 Å². The van der Waals surface area contributed by atoms with Crippen LogP contribution in [0.25, 0.3) is 11.6 Å². The molecule has 4 rings (SSSR count). The van der Waals surface area contributed by atoms with E-state index in [0.717, 1.165) is 18.4 Å². The predicted molar refractivity (Wildman–Crippen MR) is 83.3 cm³/mol. The fourth-order valence-electron chi connectivity index (χ4n) is 2.70. The van der Waals surface area contributed by atoms with Gasteiger partial charge in [-0.3, -0.25) is 5.10 Å². The van der Waals surface area contributed by atoms with Crippen LogP contribution in [0.5, 0.6) is 0 Å². The van der Waals surface area contributed by atoms with Gasteiger partial charge in [0.1, 0.15) is 5.69 Å². The van der Waals surface area contributed by atoms with Gasteiger partial charge in [0, 0.05) is 10.0 Å². The molecule has 0 saturated heterocycles. The molecule has 1 saturated carbocycles. The first-order valence-electron chi connectivity index (χ1n) is 7.13. The maximum Gasteiger partial charge on any atom is 0.279 e. The van der Waals surface area contributed by atoms with Crippen LogP contribution in [0.4, 0.5) is 8.78 Å². The van der Waals surface area contributed by atoms with E-state index in [1.807, 2.05) is 6.07 Å². The predicted octanol–water partition coefficient (Wildman–Crippen LogP) is 4.78. The van der Waals surface area contributed by atoms with E-state index in [0.29, 0.717) is 15.9 Å². The Hall–Kier alpha value is -1.99. The van der Waals surface area contributed by atoms with E-state index in [-0.39, 0.29) is 17.3 Å². The van der Waals surface area contributed by atoms with Crippen LogP contribution in [-0.2, 0) is 5.41 Å². The van der Waals surface area contributed by atoms with Gasteiger partial charge >= 0.3 is 0 Å². The molecule has 3 aromatic rings. The van der Waals surface area contributed by atoms with Crippen molar-refractivity contribution in [3.05, 3.63) is 51.4 Å². The van der Waals surface area contributed by atoms with Crippen LogP contribution in [0.2, 0.25) is 10.0 Å². The van der Waals surface area contributed by atoms with Crippen LogP contribution in [0, 0.1) is 0 Å². The lowest BCUT2D eigenvalue weighted by Crippen LogP contribution is -2.11. The smallest absolute Gasteiger partial charge is 0.279 e. The molecule has 1 aromatic carbocycles. The second kappa shape index (κ2) is 5.53. The van der Waals surface area contributed by atoms with Crippen LogP contribution in [-0.4, -0.2) is 20.3 Å². The second-order valence-corrected chi connectivity index (χ2v) is 6.48. The van der Waals surface area contributed by atoms with Crippen molar-refractivity contribution in [3.63, 3.8) is 0 Å². The average Bonchev–Trinajstić information content (AvgIpc) is 3.00. The molecule has 2 heterocycles. The fraction of sp³-hybridized carbons (Fsp3) is 0.267. The van der Waals surface area contributed by atoms with Crippen molar-refractivity contribution in [1.82, 2.24) is 20.3 Å². The Morgan fingerprint density at radius 3 is 2.62 bits per heavy atom. The summed E-state index contributed by atoms with van der Waals surface area (Å²) in [7, 11) is 0. The zero-order valence-corrected chi connectivity index (χ0v) is 13.6. The Balaban J connectivity index is 1.69. The maximum atomic E-state index is 12.6. The van der Waals surface area contributed by atoms with Gasteiger partial charge in [-0.25, -0.2) is 8.78 Å². The molecular formula is C15H10Cl2F2N4O. The molecule has 0 atom stereocenters. The number of nitrogens with one attached hydrogen (secondary N) is 1. The molecule has 2 aromatic heterocycles. The van der Waals surface area contributed by atoms with Crippen molar-refractivity contribution in [2.75, 3.05) is 0 Å². The highest BCUT2D eigenvalue weighted by molar-refractivity contribution is 6.35. The summed E-state index contributed by atoms with van der Waals surface area (Å²) in [6, 6.07) is 6.46. The Bertz CT molecular complexity index is 905. The SMILES string of the molecule is FC(F)c1cc(-c2nc(C3(c4ccc(Cl)cc4Cl)CC3)no2)n[nH]1. The summed E-state index contributed by atoms with van der Waals surface area (Å²) in [6.45, 7) is 0. The van der Waals surface area contributed by atoms with Crippen molar-refractivity contribution in [1.29, 1.82) is 0 Å². The zero-order valence-electron chi connectivity index (χ0n) is 12.1. The largest absolute Gasteiger partial charge is 0.332 e. The first-order valence-corrected chi connectivity index (χ1v) is 7.89. The molecule has 0 spiro atoms. The number of hydrogen-bond acceptors (Lipinski definition) is 4. The van der Waals surface area contributed by atoms with Crippen LogP contribution in [0.3, 0.4) is 0 Å². The van der Waals surface area contributed by atoms with E-state index in [9.17, 15) is 8.78 Å². The molecule has 0 amide bonds. The van der Waals surface area contributed by atoms with Crippen LogP contribution in [0.1, 0.15) is 36.3 Å². The number of aromatic nitrogens is 4. The molecule has 0 aliphatic heterocycles. The van der Waals surface area contributed by atoms with Gasteiger partial charge in [-0.1, -0.05) is 34.4 Å². The molecule has 1 fully saturated rings. The molecule has 124 valence electrons. The van der Waals surface area contributed by atoms with E-state index in [1.165, 1.54) is 6.07 Å². The number of benzene rings is 1. The number of nitrogens with zero attached hydrogens (tertiary/aromatic N) is 3. The van der Waals surface area contributed by atoms with Crippen molar-refractivity contribution in [2.45, 2.75) is 24.7 Å². The Morgan fingerprint density at radius 2 is 2.00 bits per heavy atom. The first-order chi connectivity index (χ1) is 11.5. The summed E-state index contributed by atoms with van der Waals surface area (Å²) in [5.74, 6) is 0.549. The first kappa shape index (κ1) is 15.5. The molecule has 0 radical (unpaired) electrons. The Morgan fingerprint density at radius 1 is 1.21 bits per heavy atom. The van der Waals surface area contributed by atoms with Crippen molar-refractivity contribution in [3.8, 4) is 11.6 Å². The fourth-order valence-corrected chi connectivity index (χ4v) is 3.29. The average molecular weight is 371 g/mol. The van der Waals surface area contributed by atoms with Crippen LogP contribution in [0.15, 0.2) is 28.8 Å². The number of H-pyrrole nitrogens is 1. The summed E-state index contributed by atoms with van der Waals surface area (Å²) < 4.78 is 30.5. The summed E-state index contributed by atoms with van der Waals surface area (Å²) in [5.41, 5.74) is 0.329. The summed E-state index contributed by atoms with van der Waals surface area (Å²) in [4.78, 5) is 4.33. The molecule has 0 unspecified atom stereocenters. The lowest BCUT2D eigenvalue weighted by molar-refractivity contribution is 0.146. The lowest BCUT2D eigenvalue weighted by Gasteiger charge is -2.13. The van der Waals surface area contributed by atoms with E-state index >= 15 is 0 Å². The molecule has 9 heteroatoms. The second-order valence-electron chi connectivity index (χ2n) is 5.64. The highest BCUT2D eigenvalue weighted by atomic mass is 35.5. The van der Waals surface area contributed by atoms with E-state index < -0.39 is 11.8 Å². The molecule has 1 aliphatic rings. The highest BCUT2D eigenvalue weighted by Crippen LogP contribution is 2.54. The number of halogens is 4. The Labute approximate surface area is 145 Å². The van der Waals surface area contributed by atoms with Crippen molar-refractivity contribution < 1.29 is 13.3 Å². The number of hydrogen-bond donors (Lipinski definition) is 1. The molecule has 1 aliphatic carbocycles. The minimum Gasteiger partial charge on any atom is -0.332 e. The molecule has 5 nitrogen and oxygen atoms in total. The third-order valence-electron chi connectivity index (χ3n) is 4.10. The minimum atomic E-state index is -2.64. The summed E-state index contributed by atoms with van der Waals surface area (Å²) >= 11 is 12.2. The third kappa shape index (κ3) is 2.48. The molecule has 0 bridgehead atoms. The van der Waals surface area contributed by atoms with Gasteiger partial charge in [0.15, 0.2) is 11.5 Å². The van der Waals surface area contributed by atoms with Crippen molar-refractivity contribution >= 4 is 23.2 Å². The number of rotatable bonds is 4. The topological polar surface area (TPSA) is 67.6 Å². The van der Waals surface area contributed by atoms with Gasteiger partial charge in [-0.05, 0) is 36.6 Å². The van der Waals surface area contributed by atoms with Gasteiger partial charge in [0.2, 0.25) is 0 Å². The number of aromatic amines is 1. The van der Waals surface area contributed by atoms with Crippen molar-refractivity contribution in [2.24, 2.45) is 0 Å². The lowest BCUT2D eigenvalue weighted by atomic mass is 9.95. The highest BCUT2D eigenvalue weighted by Gasteiger charge is 2.51. The van der Waals surface area contributed by atoms with Gasteiger partial charge in [-0.15, -0.1) is 0 Å². The monoisotopic (exact) mass is 370 g/mol. The van der Waals surface area contributed by atoms with Gasteiger partial charge in [0.05, 0.1) is 5.41 Å². The Kier molecular flexibility index (Phi) is 3.58. The number of alkyl halides is 2. The minimum absolute atomic E-state index is 0.0875. The zero-order chi connectivity index (χ0) is 16.9. The summed E-state index contributed by atoms with van der Waals surface area (Å²) in [5, 5.41) is 11.1. The van der Waals surface area contributed by atoms with E-state index in [4.69, 9.17) is 27.7 Å².